The first-order valence-corrected chi connectivity index (χ1v) is 7.43. The van der Waals surface area contributed by atoms with E-state index in [4.69, 9.17) is 0 Å². The van der Waals surface area contributed by atoms with Crippen LogP contribution in [0.3, 0.4) is 0 Å². The van der Waals surface area contributed by atoms with E-state index < -0.39 is 5.82 Å². The molecule has 0 aliphatic rings. The van der Waals surface area contributed by atoms with E-state index in [9.17, 15) is 4.39 Å². The van der Waals surface area contributed by atoms with Gasteiger partial charge in [-0.25, -0.2) is 9.37 Å². The molecule has 0 aliphatic carbocycles. The zero-order chi connectivity index (χ0) is 14.8. The molecule has 2 N–H and O–H groups in total. The molecule has 114 valence electrons. The molecule has 0 bridgehead atoms. The molecule has 0 saturated carbocycles. The lowest BCUT2D eigenvalue weighted by atomic mass is 10.4. The Morgan fingerprint density at radius 3 is 2.55 bits per heavy atom. The van der Waals surface area contributed by atoms with Gasteiger partial charge in [0.15, 0.2) is 11.6 Å². The van der Waals surface area contributed by atoms with Crippen molar-refractivity contribution in [3.05, 3.63) is 12.0 Å². The summed E-state index contributed by atoms with van der Waals surface area (Å²) in [7, 11) is 0. The summed E-state index contributed by atoms with van der Waals surface area (Å²) in [5.41, 5.74) is 0. The highest BCUT2D eigenvalue weighted by molar-refractivity contribution is 5.40. The zero-order valence-corrected chi connectivity index (χ0v) is 12.7. The molecule has 0 aliphatic heterocycles. The molecular formula is C14H26FN5. The Balaban J connectivity index is 2.49. The van der Waals surface area contributed by atoms with Gasteiger partial charge in [-0.2, -0.15) is 4.98 Å². The number of rotatable bonds is 10. The van der Waals surface area contributed by atoms with Crippen molar-refractivity contribution in [1.82, 2.24) is 14.9 Å². The van der Waals surface area contributed by atoms with Crippen LogP contribution in [0.25, 0.3) is 0 Å². The average molecular weight is 283 g/mol. The number of likely N-dealkylation sites (N-methyl/N-ethyl adjacent to an activating group) is 1. The summed E-state index contributed by atoms with van der Waals surface area (Å²) in [6, 6.07) is 0. The summed E-state index contributed by atoms with van der Waals surface area (Å²) in [5, 5.41) is 6.10. The highest BCUT2D eigenvalue weighted by atomic mass is 19.1. The number of anilines is 2. The Morgan fingerprint density at radius 1 is 1.10 bits per heavy atom. The van der Waals surface area contributed by atoms with E-state index in [0.29, 0.717) is 12.5 Å². The minimum absolute atomic E-state index is 0.270. The Morgan fingerprint density at radius 2 is 1.90 bits per heavy atom. The van der Waals surface area contributed by atoms with Gasteiger partial charge in [-0.05, 0) is 25.9 Å². The lowest BCUT2D eigenvalue weighted by molar-refractivity contribution is 0.300. The third-order valence-electron chi connectivity index (χ3n) is 2.98. The van der Waals surface area contributed by atoms with Crippen molar-refractivity contribution in [3.8, 4) is 0 Å². The van der Waals surface area contributed by atoms with E-state index in [2.05, 4.69) is 46.3 Å². The SMILES string of the molecule is CCCNc1ncc(F)c(NCCN(CC)CCC)n1. The highest BCUT2D eigenvalue weighted by Gasteiger charge is 2.07. The van der Waals surface area contributed by atoms with Gasteiger partial charge in [0.25, 0.3) is 0 Å². The van der Waals surface area contributed by atoms with E-state index in [1.807, 2.05) is 0 Å². The summed E-state index contributed by atoms with van der Waals surface area (Å²) in [4.78, 5) is 10.4. The van der Waals surface area contributed by atoms with Gasteiger partial charge in [-0.3, -0.25) is 0 Å². The van der Waals surface area contributed by atoms with Crippen molar-refractivity contribution < 1.29 is 4.39 Å². The van der Waals surface area contributed by atoms with Crippen molar-refractivity contribution in [2.75, 3.05) is 43.4 Å². The van der Waals surface area contributed by atoms with Crippen molar-refractivity contribution in [2.24, 2.45) is 0 Å². The molecule has 0 spiro atoms. The highest BCUT2D eigenvalue weighted by Crippen LogP contribution is 2.11. The topological polar surface area (TPSA) is 53.1 Å². The fourth-order valence-electron chi connectivity index (χ4n) is 1.89. The maximum Gasteiger partial charge on any atom is 0.224 e. The average Bonchev–Trinajstić information content (AvgIpc) is 2.46. The molecule has 0 fully saturated rings. The minimum atomic E-state index is -0.411. The zero-order valence-electron chi connectivity index (χ0n) is 12.7. The number of halogens is 1. The molecule has 0 saturated heterocycles. The van der Waals surface area contributed by atoms with Crippen LogP contribution < -0.4 is 10.6 Å². The molecular weight excluding hydrogens is 257 g/mol. The number of aromatic nitrogens is 2. The molecule has 1 aromatic heterocycles. The standard InChI is InChI=1S/C14H26FN5/c1-4-7-17-14-18-11-12(15)13(19-14)16-8-10-20(6-3)9-5-2/h11H,4-10H2,1-3H3,(H2,16,17,18,19). The second kappa shape index (κ2) is 9.47. The van der Waals surface area contributed by atoms with Crippen LogP contribution in [0.15, 0.2) is 6.20 Å². The van der Waals surface area contributed by atoms with Crippen molar-refractivity contribution in [3.63, 3.8) is 0 Å². The normalized spacial score (nSPS) is 10.8. The predicted molar refractivity (Wildman–Crippen MR) is 81.7 cm³/mol. The van der Waals surface area contributed by atoms with Gasteiger partial charge in [0, 0.05) is 19.6 Å². The first-order valence-electron chi connectivity index (χ1n) is 7.43. The van der Waals surface area contributed by atoms with Gasteiger partial charge < -0.3 is 15.5 Å². The largest absolute Gasteiger partial charge is 0.366 e. The molecule has 5 nitrogen and oxygen atoms in total. The number of nitrogens with zero attached hydrogens (tertiary/aromatic N) is 3. The maximum absolute atomic E-state index is 13.6. The van der Waals surface area contributed by atoms with Gasteiger partial charge in [-0.1, -0.05) is 20.8 Å². The predicted octanol–water partition coefficient (Wildman–Crippen LogP) is 2.58. The first-order chi connectivity index (χ1) is 9.71. The third-order valence-corrected chi connectivity index (χ3v) is 2.98. The second-order valence-electron chi connectivity index (χ2n) is 4.68. The first kappa shape index (κ1) is 16.6. The Kier molecular flexibility index (Phi) is 7.87. The van der Waals surface area contributed by atoms with Crippen molar-refractivity contribution in [1.29, 1.82) is 0 Å². The summed E-state index contributed by atoms with van der Waals surface area (Å²) in [6.45, 7) is 10.8. The van der Waals surface area contributed by atoms with Crippen LogP contribution in [0, 0.1) is 5.82 Å². The van der Waals surface area contributed by atoms with Gasteiger partial charge in [-0.15, -0.1) is 0 Å². The van der Waals surface area contributed by atoms with E-state index in [1.54, 1.807) is 0 Å². The summed E-state index contributed by atoms with van der Waals surface area (Å²) < 4.78 is 13.6. The van der Waals surface area contributed by atoms with Crippen LogP contribution in [-0.4, -0.2) is 47.6 Å². The van der Waals surface area contributed by atoms with E-state index in [1.165, 1.54) is 6.20 Å². The van der Waals surface area contributed by atoms with Crippen LogP contribution in [0.5, 0.6) is 0 Å². The van der Waals surface area contributed by atoms with Crippen LogP contribution in [0.4, 0.5) is 16.2 Å². The van der Waals surface area contributed by atoms with Gasteiger partial charge >= 0.3 is 0 Å². The van der Waals surface area contributed by atoms with Crippen molar-refractivity contribution in [2.45, 2.75) is 33.6 Å². The minimum Gasteiger partial charge on any atom is -0.366 e. The molecule has 1 heterocycles. The lowest BCUT2D eigenvalue weighted by Gasteiger charge is -2.19. The van der Waals surface area contributed by atoms with Crippen LogP contribution in [-0.2, 0) is 0 Å². The lowest BCUT2D eigenvalue weighted by Crippen LogP contribution is -2.30. The van der Waals surface area contributed by atoms with Crippen molar-refractivity contribution >= 4 is 11.8 Å². The van der Waals surface area contributed by atoms with E-state index in [-0.39, 0.29) is 5.82 Å². The summed E-state index contributed by atoms with van der Waals surface area (Å²) in [6.07, 6.45) is 3.31. The molecule has 6 heteroatoms. The van der Waals surface area contributed by atoms with Gasteiger partial charge in [0.05, 0.1) is 6.20 Å². The molecule has 1 rings (SSSR count). The van der Waals surface area contributed by atoms with Gasteiger partial charge in [0.1, 0.15) is 0 Å². The molecule has 20 heavy (non-hydrogen) atoms. The fraction of sp³-hybridized carbons (Fsp3) is 0.714. The van der Waals surface area contributed by atoms with Crippen LogP contribution in [0.1, 0.15) is 33.6 Å². The summed E-state index contributed by atoms with van der Waals surface area (Å²) in [5.74, 6) is 0.327. The molecule has 1 aromatic rings. The Labute approximate surface area is 121 Å². The number of nitrogens with one attached hydrogen (secondary N) is 2. The molecule has 0 radical (unpaired) electrons. The molecule has 0 amide bonds. The van der Waals surface area contributed by atoms with Crippen LogP contribution in [0.2, 0.25) is 0 Å². The number of hydrogen-bond donors (Lipinski definition) is 2. The monoisotopic (exact) mass is 283 g/mol. The van der Waals surface area contributed by atoms with Gasteiger partial charge in [0.2, 0.25) is 5.95 Å². The van der Waals surface area contributed by atoms with Crippen LogP contribution >= 0.6 is 0 Å². The Hall–Kier alpha value is -1.43. The quantitative estimate of drug-likeness (QED) is 0.691. The second-order valence-corrected chi connectivity index (χ2v) is 4.68. The third kappa shape index (κ3) is 5.69. The molecule has 0 atom stereocenters. The smallest absolute Gasteiger partial charge is 0.224 e. The molecule has 0 unspecified atom stereocenters. The maximum atomic E-state index is 13.6. The fourth-order valence-corrected chi connectivity index (χ4v) is 1.89. The molecule has 0 aromatic carbocycles. The Bertz CT molecular complexity index is 386. The van der Waals surface area contributed by atoms with E-state index in [0.717, 1.165) is 39.0 Å². The summed E-state index contributed by atoms with van der Waals surface area (Å²) >= 11 is 0. The number of hydrogen-bond acceptors (Lipinski definition) is 5. The van der Waals surface area contributed by atoms with E-state index >= 15 is 0 Å².